The largest absolute Gasteiger partial charge is 0.445 e. The molecule has 0 spiro atoms. The molecule has 0 aromatic heterocycles. The van der Waals surface area contributed by atoms with Crippen LogP contribution < -0.4 is 16.4 Å². The van der Waals surface area contributed by atoms with Crippen LogP contribution in [0, 0.1) is 0 Å². The maximum Gasteiger partial charge on any atom is 0.409 e. The maximum absolute atomic E-state index is 12.7. The van der Waals surface area contributed by atoms with Crippen molar-refractivity contribution in [2.75, 3.05) is 5.32 Å². The number of hydrogen-bond donors (Lipinski definition) is 3. The Bertz CT molecular complexity index is 1060. The van der Waals surface area contributed by atoms with E-state index in [0.717, 1.165) is 11.1 Å². The summed E-state index contributed by atoms with van der Waals surface area (Å²) in [5.74, 6) is -0.765. The molecule has 0 aliphatic heterocycles. The fourth-order valence-electron chi connectivity index (χ4n) is 3.04. The zero-order valence-electron chi connectivity index (χ0n) is 17.5. The number of rotatable bonds is 9. The molecule has 0 saturated heterocycles. The maximum atomic E-state index is 12.7. The zero-order chi connectivity index (χ0) is 22.8. The number of hydrogen-bond acceptors (Lipinski definition) is 5. The number of carbonyl (C=O) groups is 3. The lowest BCUT2D eigenvalue weighted by Gasteiger charge is -2.16. The van der Waals surface area contributed by atoms with Crippen molar-refractivity contribution in [3.63, 3.8) is 0 Å². The number of Topliss-reactive ketones (excluding diaryl/α,β-unsaturated/α-hetero) is 1. The molecule has 0 bridgehead atoms. The number of ketones is 1. The van der Waals surface area contributed by atoms with Crippen molar-refractivity contribution in [3.05, 3.63) is 102 Å². The Hall–Kier alpha value is -3.97. The van der Waals surface area contributed by atoms with E-state index in [0.29, 0.717) is 24.1 Å². The third-order valence-electron chi connectivity index (χ3n) is 4.74. The lowest BCUT2D eigenvalue weighted by Crippen LogP contribution is -2.50. The van der Waals surface area contributed by atoms with E-state index in [2.05, 4.69) is 10.6 Å². The highest BCUT2D eigenvalue weighted by Crippen LogP contribution is 2.18. The summed E-state index contributed by atoms with van der Waals surface area (Å²) in [5.41, 5.74) is 8.38. The lowest BCUT2D eigenvalue weighted by atomic mass is 10.0. The van der Waals surface area contributed by atoms with Crippen LogP contribution in [0.25, 0.3) is 0 Å². The monoisotopic (exact) mass is 431 g/mol. The Labute approximate surface area is 186 Å². The molecule has 32 heavy (non-hydrogen) atoms. The summed E-state index contributed by atoms with van der Waals surface area (Å²) in [6, 6.07) is 25.5. The molecule has 3 aromatic rings. The van der Waals surface area contributed by atoms with E-state index in [-0.39, 0.29) is 12.4 Å². The molecule has 4 N–H and O–H groups in total. The van der Waals surface area contributed by atoms with Gasteiger partial charge in [-0.2, -0.15) is 0 Å². The first-order valence-corrected chi connectivity index (χ1v) is 10.2. The van der Waals surface area contributed by atoms with Gasteiger partial charge in [0.2, 0.25) is 0 Å². The molecule has 0 radical (unpaired) electrons. The van der Waals surface area contributed by atoms with Gasteiger partial charge in [0.1, 0.15) is 6.61 Å². The number of aryl methyl sites for hydroxylation is 1. The van der Waals surface area contributed by atoms with Crippen LogP contribution in [0.2, 0.25) is 0 Å². The Morgan fingerprint density at radius 1 is 0.812 bits per heavy atom. The molecule has 0 fully saturated rings. The normalized spacial score (nSPS) is 11.3. The zero-order valence-corrected chi connectivity index (χ0v) is 17.5. The minimum Gasteiger partial charge on any atom is -0.445 e. The number of carbonyl (C=O) groups excluding carboxylic acids is 3. The summed E-state index contributed by atoms with van der Waals surface area (Å²) in [7, 11) is 0. The summed E-state index contributed by atoms with van der Waals surface area (Å²) >= 11 is 0. The van der Waals surface area contributed by atoms with Gasteiger partial charge < -0.3 is 15.8 Å². The number of alkyl carbamates (subject to hydrolysis) is 1. The van der Waals surface area contributed by atoms with E-state index < -0.39 is 18.2 Å². The van der Waals surface area contributed by atoms with Gasteiger partial charge in [-0.3, -0.25) is 14.9 Å². The van der Waals surface area contributed by atoms with Gasteiger partial charge in [-0.25, -0.2) is 4.79 Å². The molecule has 1 unspecified atom stereocenters. The van der Waals surface area contributed by atoms with Crippen LogP contribution in [-0.4, -0.2) is 23.9 Å². The molecule has 0 aliphatic rings. The molecule has 7 nitrogen and oxygen atoms in total. The molecule has 0 aliphatic carbocycles. The van der Waals surface area contributed by atoms with Gasteiger partial charge in [-0.15, -0.1) is 0 Å². The average Bonchev–Trinajstić information content (AvgIpc) is 2.83. The predicted octanol–water partition coefficient (Wildman–Crippen LogP) is 3.65. The molecular weight excluding hydrogens is 406 g/mol. The minimum absolute atomic E-state index is 0.0553. The second-order valence-corrected chi connectivity index (χ2v) is 7.13. The second-order valence-electron chi connectivity index (χ2n) is 7.13. The van der Waals surface area contributed by atoms with Crippen LogP contribution in [0.5, 0.6) is 0 Å². The van der Waals surface area contributed by atoms with Crippen LogP contribution in [0.15, 0.2) is 84.9 Å². The van der Waals surface area contributed by atoms with E-state index in [9.17, 15) is 14.4 Å². The van der Waals surface area contributed by atoms with Crippen molar-refractivity contribution in [2.45, 2.75) is 25.6 Å². The Kier molecular flexibility index (Phi) is 8.11. The fraction of sp³-hybridized carbons (Fsp3) is 0.160. The first kappa shape index (κ1) is 22.7. The lowest BCUT2D eigenvalue weighted by molar-refractivity contribution is -0.118. The highest BCUT2D eigenvalue weighted by atomic mass is 16.5. The number of anilines is 1. The van der Waals surface area contributed by atoms with Gasteiger partial charge in [-0.05, 0) is 29.7 Å². The third kappa shape index (κ3) is 6.78. The van der Waals surface area contributed by atoms with Crippen LogP contribution in [-0.2, 0) is 22.6 Å². The van der Waals surface area contributed by atoms with Crippen molar-refractivity contribution in [2.24, 2.45) is 5.73 Å². The summed E-state index contributed by atoms with van der Waals surface area (Å²) in [6.07, 6.45) is -1.27. The molecule has 0 saturated carbocycles. The van der Waals surface area contributed by atoms with Crippen molar-refractivity contribution < 1.29 is 19.1 Å². The number of benzene rings is 3. The molecule has 2 amide bonds. The second kappa shape index (κ2) is 11.4. The van der Waals surface area contributed by atoms with Crippen LogP contribution in [0.4, 0.5) is 10.5 Å². The molecule has 1 atom stereocenters. The highest BCUT2D eigenvalue weighted by molar-refractivity contribution is 6.06. The van der Waals surface area contributed by atoms with Crippen molar-refractivity contribution in [1.29, 1.82) is 0 Å². The predicted molar refractivity (Wildman–Crippen MR) is 122 cm³/mol. The van der Waals surface area contributed by atoms with Crippen LogP contribution in [0.1, 0.15) is 27.9 Å². The quantitative estimate of drug-likeness (QED) is 0.354. The number of ether oxygens (including phenoxy) is 1. The van der Waals surface area contributed by atoms with E-state index in [1.807, 2.05) is 60.7 Å². The van der Waals surface area contributed by atoms with Gasteiger partial charge in [0.05, 0.1) is 5.69 Å². The Morgan fingerprint density at radius 2 is 1.41 bits per heavy atom. The van der Waals surface area contributed by atoms with Gasteiger partial charge in [-0.1, -0.05) is 72.8 Å². The van der Waals surface area contributed by atoms with E-state index in [1.54, 1.807) is 24.3 Å². The van der Waals surface area contributed by atoms with E-state index >= 15 is 0 Å². The average molecular weight is 431 g/mol. The third-order valence-corrected chi connectivity index (χ3v) is 4.74. The summed E-state index contributed by atoms with van der Waals surface area (Å²) in [6.45, 7) is 0.0553. The number of nitrogens with one attached hydrogen (secondary N) is 2. The van der Waals surface area contributed by atoms with E-state index in [4.69, 9.17) is 10.5 Å². The standard InChI is InChI=1S/C25H25N3O4/c26-23(28-25(31)32-17-19-11-5-2-6-12-19)24(30)27-21-14-8-7-13-20(21)22(29)16-15-18-9-3-1-4-10-18/h1-14,23H,15-17,26H2,(H,27,30)(H,28,31). The topological polar surface area (TPSA) is 111 Å². The molecular formula is C25H25N3O4. The summed E-state index contributed by atoms with van der Waals surface area (Å²) < 4.78 is 5.07. The molecule has 0 heterocycles. The molecule has 164 valence electrons. The Balaban J connectivity index is 1.53. The van der Waals surface area contributed by atoms with Gasteiger partial charge in [0, 0.05) is 12.0 Å². The first-order valence-electron chi connectivity index (χ1n) is 10.2. The number of nitrogens with two attached hydrogens (primary N) is 1. The number of para-hydroxylation sites is 1. The van der Waals surface area contributed by atoms with Gasteiger partial charge in [0.15, 0.2) is 11.9 Å². The SMILES string of the molecule is NC(NC(=O)OCc1ccccc1)C(=O)Nc1ccccc1C(=O)CCc1ccccc1. The fourth-order valence-corrected chi connectivity index (χ4v) is 3.04. The smallest absolute Gasteiger partial charge is 0.409 e. The van der Waals surface area contributed by atoms with Crippen molar-refractivity contribution in [3.8, 4) is 0 Å². The summed E-state index contributed by atoms with van der Waals surface area (Å²) in [4.78, 5) is 37.1. The van der Waals surface area contributed by atoms with Crippen LogP contribution in [0.3, 0.4) is 0 Å². The number of amides is 2. The molecule has 3 rings (SSSR count). The Morgan fingerprint density at radius 3 is 2.09 bits per heavy atom. The van der Waals surface area contributed by atoms with Crippen LogP contribution >= 0.6 is 0 Å². The van der Waals surface area contributed by atoms with Crippen molar-refractivity contribution in [1.82, 2.24) is 5.32 Å². The highest BCUT2D eigenvalue weighted by Gasteiger charge is 2.19. The van der Waals surface area contributed by atoms with Gasteiger partial charge in [0.25, 0.3) is 5.91 Å². The van der Waals surface area contributed by atoms with Crippen molar-refractivity contribution >= 4 is 23.5 Å². The minimum atomic E-state index is -1.34. The van der Waals surface area contributed by atoms with E-state index in [1.165, 1.54) is 0 Å². The molecule has 3 aromatic carbocycles. The summed E-state index contributed by atoms with van der Waals surface area (Å²) in [5, 5.41) is 4.90. The van der Waals surface area contributed by atoms with Gasteiger partial charge >= 0.3 is 6.09 Å². The first-order chi connectivity index (χ1) is 15.5. The molecule has 7 heteroatoms.